The Morgan fingerprint density at radius 1 is 1.16 bits per heavy atom. The van der Waals surface area contributed by atoms with E-state index < -0.39 is 37.8 Å². The molecule has 10 heteroatoms. The highest BCUT2D eigenvalue weighted by Gasteiger charge is 2.53. The molecule has 0 aliphatic carbocycles. The normalized spacial score (nSPS) is 25.4. The van der Waals surface area contributed by atoms with Crippen LogP contribution in [0, 0.1) is 12.7 Å². The molecule has 162 valence electrons. The molecular formula is C21H21F2N5O2S. The SMILES string of the molecule is Cc1cnc2c(Cc3ccc(F)c([C@]4(C)CS(=O)(=O)[C@@](C)(F)C(N)=N4)c3)ncnc2c1. The lowest BCUT2D eigenvalue weighted by molar-refractivity contribution is 0.354. The van der Waals surface area contributed by atoms with E-state index in [0.717, 1.165) is 12.5 Å². The van der Waals surface area contributed by atoms with E-state index in [-0.39, 0.29) is 5.56 Å². The zero-order valence-corrected chi connectivity index (χ0v) is 18.0. The molecule has 0 spiro atoms. The summed E-state index contributed by atoms with van der Waals surface area (Å²) in [7, 11) is -4.31. The summed E-state index contributed by atoms with van der Waals surface area (Å²) in [5, 5.41) is -2.79. The fourth-order valence-electron chi connectivity index (χ4n) is 3.72. The van der Waals surface area contributed by atoms with Crippen LogP contribution in [-0.4, -0.2) is 40.0 Å². The van der Waals surface area contributed by atoms with Gasteiger partial charge in [0.05, 0.1) is 17.0 Å². The van der Waals surface area contributed by atoms with Crippen LogP contribution in [0.1, 0.15) is 36.2 Å². The Labute approximate surface area is 178 Å². The Morgan fingerprint density at radius 3 is 2.61 bits per heavy atom. The molecule has 3 aromatic rings. The zero-order valence-electron chi connectivity index (χ0n) is 17.2. The van der Waals surface area contributed by atoms with Crippen molar-refractivity contribution in [3.8, 4) is 0 Å². The van der Waals surface area contributed by atoms with E-state index in [2.05, 4.69) is 19.9 Å². The zero-order chi connectivity index (χ0) is 22.6. The molecule has 2 aromatic heterocycles. The van der Waals surface area contributed by atoms with E-state index in [1.807, 2.05) is 13.0 Å². The predicted molar refractivity (Wildman–Crippen MR) is 114 cm³/mol. The summed E-state index contributed by atoms with van der Waals surface area (Å²) >= 11 is 0. The molecule has 0 saturated carbocycles. The van der Waals surface area contributed by atoms with Crippen LogP contribution in [0.5, 0.6) is 0 Å². The van der Waals surface area contributed by atoms with E-state index in [1.165, 1.54) is 25.4 Å². The Kier molecular flexibility index (Phi) is 4.80. The minimum atomic E-state index is -4.31. The number of fused-ring (bicyclic) bond motifs is 1. The summed E-state index contributed by atoms with van der Waals surface area (Å²) < 4.78 is 54.3. The molecule has 2 N–H and O–H groups in total. The quantitative estimate of drug-likeness (QED) is 0.664. The van der Waals surface area contributed by atoms with Gasteiger partial charge in [-0.2, -0.15) is 0 Å². The Hall–Kier alpha value is -3.01. The third-order valence-electron chi connectivity index (χ3n) is 5.55. The average molecular weight is 445 g/mol. The molecule has 0 saturated heterocycles. The summed E-state index contributed by atoms with van der Waals surface area (Å²) in [4.78, 5) is 17.0. The first-order chi connectivity index (χ1) is 14.4. The van der Waals surface area contributed by atoms with Crippen molar-refractivity contribution in [2.45, 2.75) is 37.7 Å². The number of hydrogen-bond acceptors (Lipinski definition) is 7. The molecule has 1 aliphatic rings. The minimum Gasteiger partial charge on any atom is -0.384 e. The summed E-state index contributed by atoms with van der Waals surface area (Å²) in [6, 6.07) is 6.22. The van der Waals surface area contributed by atoms with Crippen LogP contribution < -0.4 is 5.73 Å². The highest BCUT2D eigenvalue weighted by Crippen LogP contribution is 2.39. The lowest BCUT2D eigenvalue weighted by Crippen LogP contribution is -2.54. The second-order valence-corrected chi connectivity index (χ2v) is 10.4. The molecule has 31 heavy (non-hydrogen) atoms. The van der Waals surface area contributed by atoms with Gasteiger partial charge in [0.2, 0.25) is 0 Å². The van der Waals surface area contributed by atoms with Crippen molar-refractivity contribution in [2.24, 2.45) is 10.7 Å². The maximum atomic E-state index is 14.8. The van der Waals surface area contributed by atoms with Gasteiger partial charge in [-0.25, -0.2) is 27.2 Å². The molecule has 1 aromatic carbocycles. The van der Waals surface area contributed by atoms with Gasteiger partial charge < -0.3 is 5.73 Å². The van der Waals surface area contributed by atoms with Crippen molar-refractivity contribution in [3.05, 3.63) is 65.0 Å². The number of hydrogen-bond donors (Lipinski definition) is 1. The van der Waals surface area contributed by atoms with Crippen molar-refractivity contribution in [1.82, 2.24) is 15.0 Å². The highest BCUT2D eigenvalue weighted by molar-refractivity contribution is 7.93. The van der Waals surface area contributed by atoms with Crippen molar-refractivity contribution in [2.75, 3.05) is 5.75 Å². The van der Waals surface area contributed by atoms with E-state index >= 15 is 0 Å². The lowest BCUT2D eigenvalue weighted by Gasteiger charge is -2.35. The van der Waals surface area contributed by atoms with Crippen molar-refractivity contribution in [3.63, 3.8) is 0 Å². The van der Waals surface area contributed by atoms with E-state index in [0.29, 0.717) is 28.7 Å². The van der Waals surface area contributed by atoms with Gasteiger partial charge in [0.15, 0.2) is 9.84 Å². The number of aliphatic imine (C=N–C) groups is 1. The predicted octanol–water partition coefficient (Wildman–Crippen LogP) is 2.75. The van der Waals surface area contributed by atoms with Crippen LogP contribution in [0.15, 0.2) is 41.8 Å². The number of benzene rings is 1. The molecule has 3 heterocycles. The van der Waals surface area contributed by atoms with Crippen LogP contribution >= 0.6 is 0 Å². The number of alkyl halides is 1. The van der Waals surface area contributed by atoms with Gasteiger partial charge in [0, 0.05) is 18.2 Å². The molecule has 0 unspecified atom stereocenters. The average Bonchev–Trinajstić information content (AvgIpc) is 2.67. The third kappa shape index (κ3) is 3.54. The second-order valence-electron chi connectivity index (χ2n) is 8.14. The summed E-state index contributed by atoms with van der Waals surface area (Å²) in [6.07, 6.45) is 3.46. The molecule has 0 radical (unpaired) electrons. The number of aryl methyl sites for hydroxylation is 1. The monoisotopic (exact) mass is 445 g/mol. The van der Waals surface area contributed by atoms with Gasteiger partial charge in [0.1, 0.15) is 29.0 Å². The Balaban J connectivity index is 1.78. The fourth-order valence-corrected chi connectivity index (χ4v) is 5.31. The Bertz CT molecular complexity index is 1340. The highest BCUT2D eigenvalue weighted by atomic mass is 32.2. The molecule has 2 atom stereocenters. The first kappa shape index (κ1) is 21.2. The number of aromatic nitrogens is 3. The molecule has 0 fully saturated rings. The number of halogens is 2. The third-order valence-corrected chi connectivity index (χ3v) is 7.87. The van der Waals surface area contributed by atoms with Crippen LogP contribution in [0.2, 0.25) is 0 Å². The number of nitrogens with zero attached hydrogens (tertiary/aromatic N) is 4. The molecule has 1 aliphatic heterocycles. The second kappa shape index (κ2) is 7.01. The number of nitrogens with two attached hydrogens (primary N) is 1. The number of pyridine rings is 1. The molecular weight excluding hydrogens is 424 g/mol. The van der Waals surface area contributed by atoms with Crippen LogP contribution in [-0.2, 0) is 21.8 Å². The largest absolute Gasteiger partial charge is 0.384 e. The number of rotatable bonds is 3. The Morgan fingerprint density at radius 2 is 1.90 bits per heavy atom. The maximum Gasteiger partial charge on any atom is 0.263 e. The fraction of sp³-hybridized carbons (Fsp3) is 0.333. The van der Waals surface area contributed by atoms with Gasteiger partial charge in [-0.05, 0) is 44.0 Å². The summed E-state index contributed by atoms with van der Waals surface area (Å²) in [5.41, 5.74) is 7.69. The van der Waals surface area contributed by atoms with Gasteiger partial charge in [-0.15, -0.1) is 0 Å². The minimum absolute atomic E-state index is 0.0224. The van der Waals surface area contributed by atoms with Gasteiger partial charge in [0.25, 0.3) is 5.00 Å². The van der Waals surface area contributed by atoms with Gasteiger partial charge in [-0.3, -0.25) is 9.98 Å². The first-order valence-electron chi connectivity index (χ1n) is 9.55. The number of sulfone groups is 1. The van der Waals surface area contributed by atoms with Gasteiger partial charge >= 0.3 is 0 Å². The molecule has 4 rings (SSSR count). The summed E-state index contributed by atoms with van der Waals surface area (Å²) in [5.74, 6) is -2.04. The van der Waals surface area contributed by atoms with E-state index in [1.54, 1.807) is 12.3 Å². The molecule has 0 bridgehead atoms. The number of amidine groups is 1. The van der Waals surface area contributed by atoms with Gasteiger partial charge in [-0.1, -0.05) is 12.1 Å². The van der Waals surface area contributed by atoms with Crippen LogP contribution in [0.3, 0.4) is 0 Å². The smallest absolute Gasteiger partial charge is 0.263 e. The standard InChI is InChI=1S/C21H21F2N5O2S/c1-12-6-16-18(25-9-12)17(27-11-26-16)8-13-4-5-15(22)14(7-13)20(2)10-31(29,30)21(3,23)19(24)28-20/h4-7,9,11H,8,10H2,1-3H3,(H2,24,28)/t20-,21+/m0/s1. The molecule has 0 amide bonds. The summed E-state index contributed by atoms with van der Waals surface area (Å²) in [6.45, 7) is 4.19. The van der Waals surface area contributed by atoms with Crippen LogP contribution in [0.25, 0.3) is 11.0 Å². The topological polar surface area (TPSA) is 111 Å². The van der Waals surface area contributed by atoms with Crippen molar-refractivity contribution < 1.29 is 17.2 Å². The first-order valence-corrected chi connectivity index (χ1v) is 11.2. The van der Waals surface area contributed by atoms with E-state index in [4.69, 9.17) is 5.73 Å². The lowest BCUT2D eigenvalue weighted by atomic mass is 9.91. The molecule has 7 nitrogen and oxygen atoms in total. The van der Waals surface area contributed by atoms with Crippen molar-refractivity contribution >= 4 is 26.7 Å². The van der Waals surface area contributed by atoms with E-state index in [9.17, 15) is 17.2 Å². The van der Waals surface area contributed by atoms with Crippen LogP contribution in [0.4, 0.5) is 8.78 Å². The van der Waals surface area contributed by atoms with Crippen molar-refractivity contribution in [1.29, 1.82) is 0 Å². The maximum absolute atomic E-state index is 14.8.